The largest absolute Gasteiger partial charge is 0.359 e. The van der Waals surface area contributed by atoms with E-state index in [0.717, 1.165) is 54.5 Å². The molecule has 1 aliphatic rings. The van der Waals surface area contributed by atoms with Crippen molar-refractivity contribution in [2.75, 3.05) is 25.0 Å². The predicted octanol–water partition coefficient (Wildman–Crippen LogP) is 1.85. The van der Waals surface area contributed by atoms with Gasteiger partial charge in [-0.3, -0.25) is 4.98 Å². The lowest BCUT2D eigenvalue weighted by Gasteiger charge is -2.20. The van der Waals surface area contributed by atoms with E-state index in [0.29, 0.717) is 6.54 Å². The molecule has 3 aromatic rings. The number of aromatic nitrogens is 4. The number of hydrogen-bond donors (Lipinski definition) is 1. The van der Waals surface area contributed by atoms with Gasteiger partial charge in [0.1, 0.15) is 17.8 Å². The lowest BCUT2D eigenvalue weighted by molar-refractivity contribution is 0.384. The van der Waals surface area contributed by atoms with E-state index >= 15 is 0 Å². The number of anilines is 1. The highest BCUT2D eigenvalue weighted by Crippen LogP contribution is 2.24. The summed E-state index contributed by atoms with van der Waals surface area (Å²) in [6, 6.07) is 5.81. The van der Waals surface area contributed by atoms with Crippen LogP contribution in [-0.4, -0.2) is 40.2 Å². The number of pyridine rings is 1. The molecular formula is C18H20N6O. The Morgan fingerprint density at radius 2 is 2.16 bits per heavy atom. The summed E-state index contributed by atoms with van der Waals surface area (Å²) in [7, 11) is 2.02. The molecule has 0 fully saturated rings. The Labute approximate surface area is 146 Å². The zero-order chi connectivity index (χ0) is 17.1. The van der Waals surface area contributed by atoms with Crippen molar-refractivity contribution in [3.63, 3.8) is 0 Å². The number of rotatable bonds is 4. The van der Waals surface area contributed by atoms with E-state index in [2.05, 4.69) is 30.3 Å². The lowest BCUT2D eigenvalue weighted by Crippen LogP contribution is -2.21. The summed E-state index contributed by atoms with van der Waals surface area (Å²) in [5.74, 6) is 1.76. The summed E-state index contributed by atoms with van der Waals surface area (Å²) < 4.78 is 5.50. The molecule has 0 atom stereocenters. The van der Waals surface area contributed by atoms with Crippen molar-refractivity contribution in [3.05, 3.63) is 53.9 Å². The molecule has 0 amide bonds. The standard InChI is InChI=1S/C18H20N6O/c1-24(18-15-4-7-19-8-5-16(15)21-12-22-18)11-14-9-17(23-25-14)13-3-2-6-20-10-13/h2-3,6,9-10,12,19H,4-5,7-8,11H2,1H3. The maximum atomic E-state index is 5.50. The third-order valence-corrected chi connectivity index (χ3v) is 4.37. The zero-order valence-electron chi connectivity index (χ0n) is 14.1. The molecule has 0 radical (unpaired) electrons. The van der Waals surface area contributed by atoms with E-state index in [4.69, 9.17) is 4.52 Å². The molecule has 0 aromatic carbocycles. The molecular weight excluding hydrogens is 316 g/mol. The van der Waals surface area contributed by atoms with Crippen LogP contribution in [-0.2, 0) is 19.4 Å². The third-order valence-electron chi connectivity index (χ3n) is 4.37. The van der Waals surface area contributed by atoms with Crippen LogP contribution in [0.15, 0.2) is 41.4 Å². The molecule has 0 spiro atoms. The minimum atomic E-state index is 0.601. The lowest BCUT2D eigenvalue weighted by atomic mass is 10.1. The van der Waals surface area contributed by atoms with Gasteiger partial charge in [0.05, 0.1) is 12.2 Å². The third kappa shape index (κ3) is 3.36. The fraction of sp³-hybridized carbons (Fsp3) is 0.333. The molecule has 3 aromatic heterocycles. The fourth-order valence-corrected chi connectivity index (χ4v) is 3.13. The monoisotopic (exact) mass is 336 g/mol. The Bertz CT molecular complexity index is 848. The second-order valence-corrected chi connectivity index (χ2v) is 6.15. The van der Waals surface area contributed by atoms with E-state index in [1.807, 2.05) is 25.2 Å². The van der Waals surface area contributed by atoms with Gasteiger partial charge in [-0.2, -0.15) is 0 Å². The van der Waals surface area contributed by atoms with Crippen molar-refractivity contribution in [2.45, 2.75) is 19.4 Å². The summed E-state index contributed by atoms with van der Waals surface area (Å²) in [4.78, 5) is 15.2. The molecule has 0 saturated carbocycles. The second-order valence-electron chi connectivity index (χ2n) is 6.15. The summed E-state index contributed by atoms with van der Waals surface area (Å²) in [5, 5.41) is 7.56. The maximum absolute atomic E-state index is 5.50. The number of nitrogens with one attached hydrogen (secondary N) is 1. The Hall–Kier alpha value is -2.80. The fourth-order valence-electron chi connectivity index (χ4n) is 3.13. The van der Waals surface area contributed by atoms with E-state index in [1.165, 1.54) is 5.56 Å². The average Bonchev–Trinajstić information content (AvgIpc) is 2.97. The Balaban J connectivity index is 1.55. The normalized spacial score (nSPS) is 14.0. The highest BCUT2D eigenvalue weighted by Gasteiger charge is 2.18. The van der Waals surface area contributed by atoms with Gasteiger partial charge in [0.25, 0.3) is 0 Å². The number of nitrogens with zero attached hydrogens (tertiary/aromatic N) is 5. The van der Waals surface area contributed by atoms with Gasteiger partial charge in [-0.05, 0) is 25.1 Å². The molecule has 0 unspecified atom stereocenters. The minimum Gasteiger partial charge on any atom is -0.359 e. The first-order valence-corrected chi connectivity index (χ1v) is 8.42. The predicted molar refractivity (Wildman–Crippen MR) is 94.2 cm³/mol. The molecule has 1 N–H and O–H groups in total. The molecule has 4 heterocycles. The molecule has 0 saturated heterocycles. The molecule has 7 nitrogen and oxygen atoms in total. The van der Waals surface area contributed by atoms with Crippen molar-refractivity contribution in [1.82, 2.24) is 25.4 Å². The van der Waals surface area contributed by atoms with Gasteiger partial charge >= 0.3 is 0 Å². The van der Waals surface area contributed by atoms with Crippen LogP contribution >= 0.6 is 0 Å². The summed E-state index contributed by atoms with van der Waals surface area (Å²) >= 11 is 0. The Morgan fingerprint density at radius 1 is 1.24 bits per heavy atom. The summed E-state index contributed by atoms with van der Waals surface area (Å²) in [6.07, 6.45) is 7.05. The van der Waals surface area contributed by atoms with Gasteiger partial charge in [0.2, 0.25) is 0 Å². The zero-order valence-corrected chi connectivity index (χ0v) is 14.1. The van der Waals surface area contributed by atoms with Crippen LogP contribution in [0.3, 0.4) is 0 Å². The van der Waals surface area contributed by atoms with E-state index in [-0.39, 0.29) is 0 Å². The van der Waals surface area contributed by atoms with Crippen LogP contribution in [0.2, 0.25) is 0 Å². The topological polar surface area (TPSA) is 80.0 Å². The van der Waals surface area contributed by atoms with Crippen molar-refractivity contribution in [3.8, 4) is 11.3 Å². The van der Waals surface area contributed by atoms with Crippen molar-refractivity contribution in [1.29, 1.82) is 0 Å². The van der Waals surface area contributed by atoms with Crippen LogP contribution in [0.1, 0.15) is 17.0 Å². The van der Waals surface area contributed by atoms with Crippen LogP contribution in [0.25, 0.3) is 11.3 Å². The van der Waals surface area contributed by atoms with Crippen LogP contribution in [0.4, 0.5) is 5.82 Å². The highest BCUT2D eigenvalue weighted by atomic mass is 16.5. The average molecular weight is 336 g/mol. The van der Waals surface area contributed by atoms with Crippen LogP contribution in [0.5, 0.6) is 0 Å². The van der Waals surface area contributed by atoms with Gasteiger partial charge < -0.3 is 14.7 Å². The number of hydrogen-bond acceptors (Lipinski definition) is 7. The van der Waals surface area contributed by atoms with Gasteiger partial charge in [-0.25, -0.2) is 9.97 Å². The molecule has 4 rings (SSSR count). The van der Waals surface area contributed by atoms with Gasteiger partial charge in [-0.1, -0.05) is 5.16 Å². The van der Waals surface area contributed by atoms with E-state index in [9.17, 15) is 0 Å². The van der Waals surface area contributed by atoms with E-state index < -0.39 is 0 Å². The molecule has 128 valence electrons. The first-order valence-electron chi connectivity index (χ1n) is 8.42. The van der Waals surface area contributed by atoms with Crippen molar-refractivity contribution in [2.24, 2.45) is 0 Å². The quantitative estimate of drug-likeness (QED) is 0.779. The van der Waals surface area contributed by atoms with Crippen LogP contribution < -0.4 is 10.2 Å². The first-order chi connectivity index (χ1) is 12.3. The highest BCUT2D eigenvalue weighted by molar-refractivity contribution is 5.57. The number of fused-ring (bicyclic) bond motifs is 1. The minimum absolute atomic E-state index is 0.601. The summed E-state index contributed by atoms with van der Waals surface area (Å²) in [6.45, 7) is 2.52. The Morgan fingerprint density at radius 3 is 3.04 bits per heavy atom. The SMILES string of the molecule is CN(Cc1cc(-c2cccnc2)no1)c1ncnc2c1CCNCC2. The van der Waals surface area contributed by atoms with E-state index in [1.54, 1.807) is 18.7 Å². The van der Waals surface area contributed by atoms with Gasteiger partial charge in [0, 0.05) is 49.6 Å². The summed E-state index contributed by atoms with van der Waals surface area (Å²) in [5.41, 5.74) is 4.10. The molecule has 7 heteroatoms. The molecule has 0 aliphatic carbocycles. The van der Waals surface area contributed by atoms with Crippen LogP contribution in [0, 0.1) is 0 Å². The second kappa shape index (κ2) is 6.98. The molecule has 25 heavy (non-hydrogen) atoms. The first kappa shape index (κ1) is 15.7. The Kier molecular flexibility index (Phi) is 4.39. The molecule has 1 aliphatic heterocycles. The van der Waals surface area contributed by atoms with Crippen molar-refractivity contribution < 1.29 is 4.52 Å². The molecule has 0 bridgehead atoms. The van der Waals surface area contributed by atoms with Gasteiger partial charge in [-0.15, -0.1) is 0 Å². The van der Waals surface area contributed by atoms with Gasteiger partial charge in [0.15, 0.2) is 5.76 Å². The smallest absolute Gasteiger partial charge is 0.156 e. The van der Waals surface area contributed by atoms with Crippen molar-refractivity contribution >= 4 is 5.82 Å². The maximum Gasteiger partial charge on any atom is 0.156 e.